The number of amides is 1. The van der Waals surface area contributed by atoms with Crippen molar-refractivity contribution in [2.45, 2.75) is 0 Å². The van der Waals surface area contributed by atoms with Gasteiger partial charge in [0.2, 0.25) is 5.91 Å². The predicted octanol–water partition coefficient (Wildman–Crippen LogP) is 1.06. The summed E-state index contributed by atoms with van der Waals surface area (Å²) < 4.78 is 5.03. The van der Waals surface area contributed by atoms with E-state index in [1.54, 1.807) is 18.3 Å². The molecular formula is C13H14N4O4. The fourth-order valence-electron chi connectivity index (χ4n) is 1.92. The Morgan fingerprint density at radius 2 is 2.19 bits per heavy atom. The number of fused-ring (bicyclic) bond motifs is 1. The first-order chi connectivity index (χ1) is 10.1. The van der Waals surface area contributed by atoms with Crippen LogP contribution in [0.4, 0.5) is 11.4 Å². The van der Waals surface area contributed by atoms with Gasteiger partial charge in [0.25, 0.3) is 5.69 Å². The number of nitrogens with two attached hydrogens (primary N) is 1. The molecule has 0 saturated carbocycles. The number of nitrogens with zero attached hydrogens (tertiary/aromatic N) is 2. The Bertz CT molecular complexity index is 674. The van der Waals surface area contributed by atoms with Crippen LogP contribution in [0.15, 0.2) is 30.6 Å². The highest BCUT2D eigenvalue weighted by Gasteiger charge is 2.13. The molecule has 1 amide bonds. The summed E-state index contributed by atoms with van der Waals surface area (Å²) in [6.07, 6.45) is 3.07. The molecule has 0 aliphatic carbocycles. The van der Waals surface area contributed by atoms with Crippen molar-refractivity contribution in [1.82, 2.24) is 4.98 Å². The molecule has 2 aromatic rings. The largest absolute Gasteiger partial charge is 0.382 e. The maximum absolute atomic E-state index is 11.0. The number of hydrogen-bond acceptors (Lipinski definition) is 6. The van der Waals surface area contributed by atoms with Gasteiger partial charge in [-0.3, -0.25) is 19.9 Å². The Balaban J connectivity index is 2.12. The second-order valence-electron chi connectivity index (χ2n) is 4.26. The summed E-state index contributed by atoms with van der Waals surface area (Å²) in [6.45, 7) is 0.598. The monoisotopic (exact) mass is 290 g/mol. The van der Waals surface area contributed by atoms with E-state index >= 15 is 0 Å². The van der Waals surface area contributed by atoms with E-state index in [0.29, 0.717) is 29.6 Å². The smallest absolute Gasteiger partial charge is 0.277 e. The third-order valence-corrected chi connectivity index (χ3v) is 2.80. The summed E-state index contributed by atoms with van der Waals surface area (Å²) in [4.78, 5) is 25.1. The third-order valence-electron chi connectivity index (χ3n) is 2.80. The summed E-state index contributed by atoms with van der Waals surface area (Å²) in [5.74, 6) is -0.528. The molecule has 0 bridgehead atoms. The molecule has 0 aliphatic rings. The highest BCUT2D eigenvalue weighted by atomic mass is 16.6. The molecule has 110 valence electrons. The maximum Gasteiger partial charge on any atom is 0.277 e. The molecule has 1 aromatic heterocycles. The number of carbonyl (C=O) groups is 1. The van der Waals surface area contributed by atoms with Crippen molar-refractivity contribution in [1.29, 1.82) is 0 Å². The number of anilines is 1. The van der Waals surface area contributed by atoms with Crippen molar-refractivity contribution in [3.05, 3.63) is 40.7 Å². The lowest BCUT2D eigenvalue weighted by Crippen LogP contribution is -2.20. The fourth-order valence-corrected chi connectivity index (χ4v) is 1.92. The third kappa shape index (κ3) is 3.63. The van der Waals surface area contributed by atoms with Crippen molar-refractivity contribution in [3.8, 4) is 0 Å². The van der Waals surface area contributed by atoms with Crippen LogP contribution >= 0.6 is 0 Å². The van der Waals surface area contributed by atoms with Gasteiger partial charge in [-0.1, -0.05) is 0 Å². The van der Waals surface area contributed by atoms with Gasteiger partial charge >= 0.3 is 0 Å². The molecule has 8 heteroatoms. The van der Waals surface area contributed by atoms with E-state index in [4.69, 9.17) is 10.5 Å². The lowest BCUT2D eigenvalue weighted by atomic mass is 10.1. The zero-order chi connectivity index (χ0) is 15.2. The van der Waals surface area contributed by atoms with E-state index in [-0.39, 0.29) is 12.3 Å². The molecule has 0 spiro atoms. The standard InChI is InChI=1S/C13H14N4O4/c14-13(18)8-21-6-5-16-11-1-2-12(17(19)20)9-3-4-15-7-10(9)11/h1-4,7,16H,5-6,8H2,(H2,14,18). The average Bonchev–Trinajstić information content (AvgIpc) is 2.46. The zero-order valence-corrected chi connectivity index (χ0v) is 11.1. The van der Waals surface area contributed by atoms with Gasteiger partial charge in [0, 0.05) is 36.1 Å². The van der Waals surface area contributed by atoms with Crippen LogP contribution in [0.25, 0.3) is 10.8 Å². The maximum atomic E-state index is 11.0. The minimum absolute atomic E-state index is 0.0305. The van der Waals surface area contributed by atoms with Crippen molar-refractivity contribution >= 4 is 28.1 Å². The van der Waals surface area contributed by atoms with Gasteiger partial charge in [-0.05, 0) is 12.1 Å². The number of benzene rings is 1. The van der Waals surface area contributed by atoms with Gasteiger partial charge in [0.05, 0.1) is 16.9 Å². The Labute approximate surface area is 120 Å². The molecule has 0 unspecified atom stereocenters. The number of pyridine rings is 1. The number of nitrogens with one attached hydrogen (secondary N) is 1. The lowest BCUT2D eigenvalue weighted by Gasteiger charge is -2.09. The number of rotatable bonds is 7. The molecular weight excluding hydrogens is 276 g/mol. The summed E-state index contributed by atoms with van der Waals surface area (Å²) >= 11 is 0. The minimum atomic E-state index is -0.528. The van der Waals surface area contributed by atoms with E-state index in [2.05, 4.69) is 10.3 Å². The van der Waals surface area contributed by atoms with E-state index in [1.807, 2.05) is 0 Å². The normalized spacial score (nSPS) is 10.5. The first-order valence-corrected chi connectivity index (χ1v) is 6.20. The second-order valence-corrected chi connectivity index (χ2v) is 4.26. The summed E-state index contributed by atoms with van der Waals surface area (Å²) in [5, 5.41) is 15.2. The molecule has 0 fully saturated rings. The molecule has 1 heterocycles. The van der Waals surface area contributed by atoms with E-state index < -0.39 is 10.8 Å². The van der Waals surface area contributed by atoms with Gasteiger partial charge in [0.1, 0.15) is 6.61 Å². The van der Waals surface area contributed by atoms with Crippen molar-refractivity contribution in [2.75, 3.05) is 25.1 Å². The van der Waals surface area contributed by atoms with E-state index in [1.165, 1.54) is 12.3 Å². The van der Waals surface area contributed by atoms with Gasteiger partial charge in [-0.25, -0.2) is 0 Å². The SMILES string of the molecule is NC(=O)COCCNc1ccc([N+](=O)[O-])c2ccncc12. The number of nitro benzene ring substituents is 1. The second kappa shape index (κ2) is 6.62. The number of primary amides is 1. The van der Waals surface area contributed by atoms with Gasteiger partial charge in [-0.15, -0.1) is 0 Å². The van der Waals surface area contributed by atoms with Crippen LogP contribution in [0.2, 0.25) is 0 Å². The van der Waals surface area contributed by atoms with Gasteiger partial charge in [0.15, 0.2) is 0 Å². The fraction of sp³-hybridized carbons (Fsp3) is 0.231. The molecule has 0 atom stereocenters. The quantitative estimate of drug-likeness (QED) is 0.447. The molecule has 8 nitrogen and oxygen atoms in total. The van der Waals surface area contributed by atoms with Crippen molar-refractivity contribution in [3.63, 3.8) is 0 Å². The first kappa shape index (κ1) is 14.7. The highest BCUT2D eigenvalue weighted by molar-refractivity contribution is 5.99. The number of ether oxygens (including phenoxy) is 1. The van der Waals surface area contributed by atoms with Crippen LogP contribution in [0.3, 0.4) is 0 Å². The predicted molar refractivity (Wildman–Crippen MR) is 76.9 cm³/mol. The number of non-ortho nitro benzene ring substituents is 1. The topological polar surface area (TPSA) is 120 Å². The molecule has 3 N–H and O–H groups in total. The van der Waals surface area contributed by atoms with Gasteiger partial charge in [-0.2, -0.15) is 0 Å². The number of hydrogen-bond donors (Lipinski definition) is 2. The van der Waals surface area contributed by atoms with Crippen LogP contribution in [0.1, 0.15) is 0 Å². The number of carbonyl (C=O) groups excluding carboxylic acids is 1. The van der Waals surface area contributed by atoms with Crippen molar-refractivity contribution < 1.29 is 14.5 Å². The van der Waals surface area contributed by atoms with E-state index in [0.717, 1.165) is 0 Å². The minimum Gasteiger partial charge on any atom is -0.382 e. The molecule has 1 aromatic carbocycles. The molecule has 0 radical (unpaired) electrons. The Hall–Kier alpha value is -2.74. The zero-order valence-electron chi connectivity index (χ0n) is 11.1. The van der Waals surface area contributed by atoms with Crippen LogP contribution in [-0.4, -0.2) is 35.6 Å². The number of aromatic nitrogens is 1. The summed E-state index contributed by atoms with van der Waals surface area (Å²) in [6, 6.07) is 4.66. The first-order valence-electron chi connectivity index (χ1n) is 6.20. The van der Waals surface area contributed by atoms with Crippen molar-refractivity contribution in [2.24, 2.45) is 5.73 Å². The summed E-state index contributed by atoms with van der Waals surface area (Å²) in [5.41, 5.74) is 5.69. The molecule has 0 saturated heterocycles. The van der Waals surface area contributed by atoms with Crippen LogP contribution in [0, 0.1) is 10.1 Å². The highest BCUT2D eigenvalue weighted by Crippen LogP contribution is 2.30. The van der Waals surface area contributed by atoms with Crippen LogP contribution < -0.4 is 11.1 Å². The average molecular weight is 290 g/mol. The lowest BCUT2D eigenvalue weighted by molar-refractivity contribution is -0.383. The number of nitro groups is 1. The Kier molecular flexibility index (Phi) is 4.62. The Morgan fingerprint density at radius 3 is 2.90 bits per heavy atom. The van der Waals surface area contributed by atoms with E-state index in [9.17, 15) is 14.9 Å². The van der Waals surface area contributed by atoms with Crippen LogP contribution in [-0.2, 0) is 9.53 Å². The Morgan fingerprint density at radius 1 is 1.38 bits per heavy atom. The molecule has 0 aliphatic heterocycles. The molecule has 2 rings (SSSR count). The van der Waals surface area contributed by atoms with Crippen LogP contribution in [0.5, 0.6) is 0 Å². The van der Waals surface area contributed by atoms with Gasteiger partial charge < -0.3 is 15.8 Å². The molecule has 21 heavy (non-hydrogen) atoms. The summed E-state index contributed by atoms with van der Waals surface area (Å²) in [7, 11) is 0.